The molecule has 0 amide bonds. The van der Waals surface area contributed by atoms with Gasteiger partial charge in [0.05, 0.1) is 11.3 Å². The molecule has 0 fully saturated rings. The van der Waals surface area contributed by atoms with Crippen LogP contribution in [0.15, 0.2) is 24.3 Å². The van der Waals surface area contributed by atoms with E-state index in [-0.39, 0.29) is 18.7 Å². The second-order valence-corrected chi connectivity index (χ2v) is 3.82. The minimum atomic E-state index is -1.09. The van der Waals surface area contributed by atoms with Crippen molar-refractivity contribution in [1.82, 2.24) is 0 Å². The Kier molecular flexibility index (Phi) is 4.67. The minimum absolute atomic E-state index is 0.0686. The van der Waals surface area contributed by atoms with Gasteiger partial charge in [-0.05, 0) is 19.1 Å². The normalized spacial score (nSPS) is 11.9. The van der Waals surface area contributed by atoms with Crippen LogP contribution < -0.4 is 10.6 Å². The molecule has 0 aliphatic rings. The molecule has 0 spiro atoms. The molecular formula is C12H16N2O4. The molecule has 1 aromatic carbocycles. The molecule has 0 heterocycles. The molecule has 4 N–H and O–H groups in total. The zero-order valence-corrected chi connectivity index (χ0v) is 10.0. The van der Waals surface area contributed by atoms with Gasteiger partial charge in [-0.2, -0.15) is 0 Å². The lowest BCUT2D eigenvalue weighted by Crippen LogP contribution is -2.42. The number of carbonyl (C=O) groups is 2. The molecule has 0 aliphatic carbocycles. The predicted molar refractivity (Wildman–Crippen MR) is 66.9 cm³/mol. The number of hydrogen-bond acceptors (Lipinski definition) is 4. The fraction of sp³-hybridized carbons (Fsp3) is 0.333. The van der Waals surface area contributed by atoms with E-state index in [1.807, 2.05) is 0 Å². The van der Waals surface area contributed by atoms with Gasteiger partial charge in [-0.25, -0.2) is 9.59 Å². The molecule has 18 heavy (non-hydrogen) atoms. The first-order valence-electron chi connectivity index (χ1n) is 5.51. The maximum Gasteiger partial charge on any atom is 0.337 e. The number of aromatic carboxylic acids is 1. The largest absolute Gasteiger partial charge is 0.480 e. The number of carboxylic acids is 2. The van der Waals surface area contributed by atoms with E-state index < -0.39 is 18.0 Å². The average molecular weight is 252 g/mol. The zero-order valence-electron chi connectivity index (χ0n) is 10.0. The molecule has 0 aliphatic heterocycles. The molecule has 0 aromatic heterocycles. The minimum Gasteiger partial charge on any atom is -0.480 e. The Morgan fingerprint density at radius 3 is 2.44 bits per heavy atom. The molecule has 1 atom stereocenters. The third-order valence-electron chi connectivity index (χ3n) is 2.64. The standard InChI is InChI=1S/C12H16N2O4/c1-8(11(15)16)14(7-6-13)10-5-3-2-4-9(10)12(17)18/h2-5,8H,6-7,13H2,1H3,(H,15,16)(H,17,18). The van der Waals surface area contributed by atoms with Gasteiger partial charge in [-0.1, -0.05) is 12.1 Å². The highest BCUT2D eigenvalue weighted by molar-refractivity contribution is 5.95. The van der Waals surface area contributed by atoms with Crippen molar-refractivity contribution in [3.63, 3.8) is 0 Å². The number of aliphatic carboxylic acids is 1. The molecule has 0 bridgehead atoms. The van der Waals surface area contributed by atoms with Crippen LogP contribution in [-0.2, 0) is 4.79 Å². The van der Waals surface area contributed by atoms with Crippen LogP contribution in [0.3, 0.4) is 0 Å². The van der Waals surface area contributed by atoms with Crippen molar-refractivity contribution in [2.24, 2.45) is 5.73 Å². The lowest BCUT2D eigenvalue weighted by Gasteiger charge is -2.29. The molecule has 0 radical (unpaired) electrons. The van der Waals surface area contributed by atoms with Crippen molar-refractivity contribution >= 4 is 17.6 Å². The third-order valence-corrected chi connectivity index (χ3v) is 2.64. The maximum absolute atomic E-state index is 11.1. The zero-order chi connectivity index (χ0) is 13.7. The van der Waals surface area contributed by atoms with Crippen LogP contribution >= 0.6 is 0 Å². The SMILES string of the molecule is CC(C(=O)O)N(CCN)c1ccccc1C(=O)O. The fourth-order valence-corrected chi connectivity index (χ4v) is 1.70. The Morgan fingerprint density at radius 2 is 1.94 bits per heavy atom. The number of nitrogens with zero attached hydrogens (tertiary/aromatic N) is 1. The van der Waals surface area contributed by atoms with Gasteiger partial charge in [-0.3, -0.25) is 0 Å². The second kappa shape index (κ2) is 6.02. The first kappa shape index (κ1) is 14.0. The summed E-state index contributed by atoms with van der Waals surface area (Å²) in [6, 6.07) is 5.45. The highest BCUT2D eigenvalue weighted by Gasteiger charge is 2.23. The van der Waals surface area contributed by atoms with Gasteiger partial charge in [0.15, 0.2) is 0 Å². The maximum atomic E-state index is 11.1. The number of benzene rings is 1. The smallest absolute Gasteiger partial charge is 0.337 e. The molecule has 0 saturated carbocycles. The van der Waals surface area contributed by atoms with Gasteiger partial charge >= 0.3 is 11.9 Å². The van der Waals surface area contributed by atoms with Crippen molar-refractivity contribution < 1.29 is 19.8 Å². The molecule has 1 aromatic rings. The van der Waals surface area contributed by atoms with E-state index in [9.17, 15) is 9.59 Å². The van der Waals surface area contributed by atoms with Gasteiger partial charge in [0.1, 0.15) is 6.04 Å². The number of carboxylic acid groups (broad SMARTS) is 2. The van der Waals surface area contributed by atoms with E-state index in [2.05, 4.69) is 0 Å². The molecule has 1 unspecified atom stereocenters. The van der Waals surface area contributed by atoms with Crippen molar-refractivity contribution in [3.8, 4) is 0 Å². The highest BCUT2D eigenvalue weighted by Crippen LogP contribution is 2.22. The summed E-state index contributed by atoms with van der Waals surface area (Å²) in [5, 5.41) is 18.1. The summed E-state index contributed by atoms with van der Waals surface area (Å²) < 4.78 is 0. The number of nitrogens with two attached hydrogens (primary N) is 1. The third kappa shape index (κ3) is 2.98. The summed E-state index contributed by atoms with van der Waals surface area (Å²) in [7, 11) is 0. The monoisotopic (exact) mass is 252 g/mol. The van der Waals surface area contributed by atoms with Crippen LogP contribution in [0.4, 0.5) is 5.69 Å². The summed E-state index contributed by atoms with van der Waals surface area (Å²) in [5.74, 6) is -2.12. The number of anilines is 1. The van der Waals surface area contributed by atoms with Crippen LogP contribution in [0.5, 0.6) is 0 Å². The van der Waals surface area contributed by atoms with E-state index >= 15 is 0 Å². The van der Waals surface area contributed by atoms with E-state index in [1.165, 1.54) is 17.9 Å². The highest BCUT2D eigenvalue weighted by atomic mass is 16.4. The van der Waals surface area contributed by atoms with Crippen LogP contribution in [-0.4, -0.2) is 41.3 Å². The quantitative estimate of drug-likeness (QED) is 0.685. The van der Waals surface area contributed by atoms with Crippen molar-refractivity contribution in [3.05, 3.63) is 29.8 Å². The summed E-state index contributed by atoms with van der Waals surface area (Å²) in [6.07, 6.45) is 0. The van der Waals surface area contributed by atoms with Crippen LogP contribution in [0.1, 0.15) is 17.3 Å². The van der Waals surface area contributed by atoms with E-state index in [1.54, 1.807) is 18.2 Å². The molecule has 6 heteroatoms. The summed E-state index contributed by atoms with van der Waals surface area (Å²) in [4.78, 5) is 23.6. The lowest BCUT2D eigenvalue weighted by atomic mass is 10.1. The first-order valence-corrected chi connectivity index (χ1v) is 5.51. The summed E-state index contributed by atoms with van der Waals surface area (Å²) >= 11 is 0. The van der Waals surface area contributed by atoms with Crippen LogP contribution in [0.2, 0.25) is 0 Å². The molecule has 98 valence electrons. The predicted octanol–water partition coefficient (Wildman–Crippen LogP) is 0.623. The average Bonchev–Trinajstić information content (AvgIpc) is 2.35. The second-order valence-electron chi connectivity index (χ2n) is 3.82. The van der Waals surface area contributed by atoms with Gasteiger partial charge in [0.2, 0.25) is 0 Å². The van der Waals surface area contributed by atoms with Gasteiger partial charge in [-0.15, -0.1) is 0 Å². The Balaban J connectivity index is 3.21. The van der Waals surface area contributed by atoms with Crippen molar-refractivity contribution in [2.45, 2.75) is 13.0 Å². The summed E-state index contributed by atoms with van der Waals surface area (Å²) in [6.45, 7) is 2.01. The Labute approximate surface area is 105 Å². The van der Waals surface area contributed by atoms with Crippen molar-refractivity contribution in [1.29, 1.82) is 0 Å². The topological polar surface area (TPSA) is 104 Å². The van der Waals surface area contributed by atoms with Crippen LogP contribution in [0, 0.1) is 0 Å². The van der Waals surface area contributed by atoms with Gasteiger partial charge in [0, 0.05) is 13.1 Å². The number of rotatable bonds is 6. The summed E-state index contributed by atoms with van der Waals surface area (Å²) in [5.41, 5.74) is 5.88. The fourth-order valence-electron chi connectivity index (χ4n) is 1.70. The lowest BCUT2D eigenvalue weighted by molar-refractivity contribution is -0.138. The molecular weight excluding hydrogens is 236 g/mol. The molecule has 0 saturated heterocycles. The Morgan fingerprint density at radius 1 is 1.33 bits per heavy atom. The first-order chi connectivity index (χ1) is 8.49. The Hall–Kier alpha value is -2.08. The number of para-hydroxylation sites is 1. The van der Waals surface area contributed by atoms with Gasteiger partial charge < -0.3 is 20.8 Å². The molecule has 6 nitrogen and oxygen atoms in total. The Bertz CT molecular complexity index is 447. The van der Waals surface area contributed by atoms with Crippen molar-refractivity contribution in [2.75, 3.05) is 18.0 Å². The van der Waals surface area contributed by atoms with E-state index in [0.29, 0.717) is 5.69 Å². The van der Waals surface area contributed by atoms with Crippen LogP contribution in [0.25, 0.3) is 0 Å². The van der Waals surface area contributed by atoms with E-state index in [0.717, 1.165) is 0 Å². The van der Waals surface area contributed by atoms with E-state index in [4.69, 9.17) is 15.9 Å². The number of hydrogen-bond donors (Lipinski definition) is 3. The molecule has 1 rings (SSSR count). The van der Waals surface area contributed by atoms with Gasteiger partial charge in [0.25, 0.3) is 0 Å².